The zero-order chi connectivity index (χ0) is 36.0. The molecule has 1 unspecified atom stereocenters. The van der Waals surface area contributed by atoms with Crippen LogP contribution in [0.1, 0.15) is 22.6 Å². The average molecular weight is 699 g/mol. The molecule has 2 nitrogen and oxygen atoms in total. The Morgan fingerprint density at radius 2 is 0.927 bits per heavy atom. The van der Waals surface area contributed by atoms with Crippen LogP contribution >= 0.6 is 0 Å². The molecule has 1 atom stereocenters. The van der Waals surface area contributed by atoms with Gasteiger partial charge in [0.05, 0.1) is 16.6 Å². The minimum Gasteiger partial charge on any atom is -0.311 e. The van der Waals surface area contributed by atoms with E-state index in [9.17, 15) is 0 Å². The van der Waals surface area contributed by atoms with Gasteiger partial charge >= 0.3 is 0 Å². The van der Waals surface area contributed by atoms with E-state index in [4.69, 9.17) is 0 Å². The molecule has 0 spiro atoms. The van der Waals surface area contributed by atoms with Gasteiger partial charge in [-0.05, 0) is 86.8 Å². The lowest BCUT2D eigenvalue weighted by Crippen LogP contribution is -2.10. The molecular formula is C53H34N2. The summed E-state index contributed by atoms with van der Waals surface area (Å²) in [6, 6.07) is 73.5. The second-order valence-corrected chi connectivity index (χ2v) is 14.8. The number of anilines is 3. The minimum atomic E-state index is 0.0988. The van der Waals surface area contributed by atoms with Crippen molar-refractivity contribution in [2.45, 2.75) is 5.92 Å². The number of aromatic nitrogens is 1. The van der Waals surface area contributed by atoms with Crippen LogP contribution in [0.3, 0.4) is 0 Å². The van der Waals surface area contributed by atoms with Crippen molar-refractivity contribution in [1.82, 2.24) is 4.40 Å². The lowest BCUT2D eigenvalue weighted by Gasteiger charge is -2.26. The largest absolute Gasteiger partial charge is 0.311 e. The van der Waals surface area contributed by atoms with E-state index in [1.165, 1.54) is 87.8 Å². The molecule has 0 radical (unpaired) electrons. The molecule has 1 aliphatic carbocycles. The molecule has 0 bridgehead atoms. The predicted octanol–water partition coefficient (Wildman–Crippen LogP) is 14.3. The number of para-hydroxylation sites is 3. The van der Waals surface area contributed by atoms with Gasteiger partial charge in [0.2, 0.25) is 0 Å². The van der Waals surface area contributed by atoms with Gasteiger partial charge in [0.15, 0.2) is 0 Å². The van der Waals surface area contributed by atoms with Gasteiger partial charge < -0.3 is 9.30 Å². The minimum absolute atomic E-state index is 0.0988. The normalized spacial score (nSPS) is 13.6. The molecule has 0 amide bonds. The molecule has 0 aliphatic heterocycles. The predicted molar refractivity (Wildman–Crippen MR) is 232 cm³/mol. The third-order valence-corrected chi connectivity index (χ3v) is 12.0. The van der Waals surface area contributed by atoms with Gasteiger partial charge in [-0.1, -0.05) is 158 Å². The molecule has 0 saturated heterocycles. The molecule has 0 saturated carbocycles. The zero-order valence-electron chi connectivity index (χ0n) is 30.0. The van der Waals surface area contributed by atoms with E-state index in [1.807, 2.05) is 0 Å². The van der Waals surface area contributed by atoms with E-state index in [1.54, 1.807) is 0 Å². The quantitative estimate of drug-likeness (QED) is 0.174. The van der Waals surface area contributed by atoms with Crippen molar-refractivity contribution >= 4 is 65.9 Å². The number of hydrogen-bond acceptors (Lipinski definition) is 1. The summed E-state index contributed by atoms with van der Waals surface area (Å²) in [6.45, 7) is 0. The Balaban J connectivity index is 1.06. The number of rotatable bonds is 5. The Hall–Kier alpha value is -7.16. The van der Waals surface area contributed by atoms with Gasteiger partial charge in [0.25, 0.3) is 0 Å². The fraction of sp³-hybridized carbons (Fsp3) is 0.0189. The van der Waals surface area contributed by atoms with Crippen LogP contribution < -0.4 is 4.90 Å². The summed E-state index contributed by atoms with van der Waals surface area (Å²) in [4.78, 5) is 2.36. The van der Waals surface area contributed by atoms with E-state index < -0.39 is 0 Å². The van der Waals surface area contributed by atoms with Gasteiger partial charge in [0.1, 0.15) is 0 Å². The molecule has 1 aliphatic rings. The van der Waals surface area contributed by atoms with Crippen LogP contribution in [0.4, 0.5) is 17.1 Å². The maximum absolute atomic E-state index is 2.55. The number of benzene rings is 9. The van der Waals surface area contributed by atoms with E-state index in [0.717, 1.165) is 17.1 Å². The maximum Gasteiger partial charge on any atom is 0.0626 e. The van der Waals surface area contributed by atoms with E-state index in [-0.39, 0.29) is 5.92 Å². The van der Waals surface area contributed by atoms with Crippen molar-refractivity contribution in [1.29, 1.82) is 0 Å². The van der Waals surface area contributed by atoms with E-state index in [2.05, 4.69) is 209 Å². The lowest BCUT2D eigenvalue weighted by atomic mass is 9.85. The zero-order valence-corrected chi connectivity index (χ0v) is 30.0. The highest BCUT2D eigenvalue weighted by Crippen LogP contribution is 2.56. The van der Waals surface area contributed by atoms with Gasteiger partial charge in [-0.2, -0.15) is 0 Å². The second kappa shape index (κ2) is 11.7. The first-order valence-electron chi connectivity index (χ1n) is 19.1. The molecule has 11 aromatic rings. The average Bonchev–Trinajstić information content (AvgIpc) is 3.91. The first-order chi connectivity index (χ1) is 27.3. The second-order valence-electron chi connectivity index (χ2n) is 14.8. The summed E-state index contributed by atoms with van der Waals surface area (Å²) < 4.78 is 2.55. The fourth-order valence-electron chi connectivity index (χ4n) is 9.73. The van der Waals surface area contributed by atoms with Crippen molar-refractivity contribution in [2.24, 2.45) is 0 Å². The lowest BCUT2D eigenvalue weighted by molar-refractivity contribution is 1.03. The van der Waals surface area contributed by atoms with Gasteiger partial charge in [0, 0.05) is 49.9 Å². The molecule has 2 heteroatoms. The van der Waals surface area contributed by atoms with E-state index in [0.29, 0.717) is 0 Å². The first-order valence-corrected chi connectivity index (χ1v) is 19.1. The highest BCUT2D eigenvalue weighted by atomic mass is 15.1. The molecule has 2 aromatic heterocycles. The molecule has 9 aromatic carbocycles. The standard InChI is InChI=1S/C53H34N2/c1-3-14-34(15-4-1)35-26-30-38(31-27-35)54(37-16-5-2-6-17-37)39-32-28-36(29-33-39)48-41-19-7-8-20-42(41)50-49(48)43-21-9-10-22-45(43)53-51(50)46-24-13-23-44-40-18-11-12-25-47(40)55(53)52(44)46/h1-33,48H. The van der Waals surface area contributed by atoms with Crippen molar-refractivity contribution in [3.05, 3.63) is 217 Å². The number of nitrogens with zero attached hydrogens (tertiary/aromatic N) is 2. The van der Waals surface area contributed by atoms with Gasteiger partial charge in [-0.3, -0.25) is 0 Å². The van der Waals surface area contributed by atoms with Gasteiger partial charge in [-0.25, -0.2) is 0 Å². The molecule has 2 heterocycles. The van der Waals surface area contributed by atoms with Gasteiger partial charge in [-0.15, -0.1) is 0 Å². The molecule has 256 valence electrons. The van der Waals surface area contributed by atoms with Crippen LogP contribution in [0, 0.1) is 0 Å². The smallest absolute Gasteiger partial charge is 0.0626 e. The summed E-state index contributed by atoms with van der Waals surface area (Å²) >= 11 is 0. The Morgan fingerprint density at radius 1 is 0.382 bits per heavy atom. The summed E-state index contributed by atoms with van der Waals surface area (Å²) in [5.41, 5.74) is 16.5. The molecular weight excluding hydrogens is 665 g/mol. The number of hydrogen-bond donors (Lipinski definition) is 0. The van der Waals surface area contributed by atoms with Crippen molar-refractivity contribution in [3.8, 4) is 22.3 Å². The Labute approximate surface area is 319 Å². The van der Waals surface area contributed by atoms with Crippen LogP contribution in [0.2, 0.25) is 0 Å². The van der Waals surface area contributed by atoms with Crippen LogP contribution in [-0.2, 0) is 0 Å². The molecule has 12 rings (SSSR count). The van der Waals surface area contributed by atoms with Crippen LogP contribution in [0.15, 0.2) is 200 Å². The highest BCUT2D eigenvalue weighted by molar-refractivity contribution is 6.31. The SMILES string of the molecule is c1ccc(-c2ccc(N(c3ccccc3)c3ccc(C4c5ccccc5-c5c4c4ccccc4c4c5c5cccc6c7ccccc7n4c65)cc3)cc2)cc1. The van der Waals surface area contributed by atoms with Crippen molar-refractivity contribution < 1.29 is 0 Å². The van der Waals surface area contributed by atoms with Crippen molar-refractivity contribution in [3.63, 3.8) is 0 Å². The van der Waals surface area contributed by atoms with Crippen LogP contribution in [-0.4, -0.2) is 4.40 Å². The summed E-state index contributed by atoms with van der Waals surface area (Å²) in [6.07, 6.45) is 0. The Kier molecular flexibility index (Phi) is 6.43. The maximum atomic E-state index is 2.55. The first kappa shape index (κ1) is 30.3. The summed E-state index contributed by atoms with van der Waals surface area (Å²) in [5.74, 6) is 0.0988. The highest BCUT2D eigenvalue weighted by Gasteiger charge is 2.35. The molecule has 0 N–H and O–H groups in total. The third kappa shape index (κ3) is 4.31. The Bertz CT molecular complexity index is 3230. The molecule has 0 fully saturated rings. The fourth-order valence-corrected chi connectivity index (χ4v) is 9.73. The number of fused-ring (bicyclic) bond motifs is 13. The summed E-state index contributed by atoms with van der Waals surface area (Å²) in [7, 11) is 0. The topological polar surface area (TPSA) is 7.65 Å². The van der Waals surface area contributed by atoms with Crippen LogP contribution in [0.25, 0.3) is 71.1 Å². The Morgan fingerprint density at radius 3 is 1.71 bits per heavy atom. The van der Waals surface area contributed by atoms with E-state index >= 15 is 0 Å². The van der Waals surface area contributed by atoms with Crippen LogP contribution in [0.5, 0.6) is 0 Å². The molecule has 55 heavy (non-hydrogen) atoms. The summed E-state index contributed by atoms with van der Waals surface area (Å²) in [5, 5.41) is 7.94. The monoisotopic (exact) mass is 698 g/mol. The third-order valence-electron chi connectivity index (χ3n) is 12.0. The van der Waals surface area contributed by atoms with Crippen molar-refractivity contribution in [2.75, 3.05) is 4.90 Å².